The van der Waals surface area contributed by atoms with Gasteiger partial charge in [0.15, 0.2) is 11.5 Å². The van der Waals surface area contributed by atoms with Crippen molar-refractivity contribution in [3.63, 3.8) is 0 Å². The molecule has 1 rings (SSSR count). The van der Waals surface area contributed by atoms with Crippen molar-refractivity contribution >= 4 is 0 Å². The lowest BCUT2D eigenvalue weighted by Gasteiger charge is -2.13. The first-order valence-electron chi connectivity index (χ1n) is 6.04. The molecule has 0 heterocycles. The van der Waals surface area contributed by atoms with Crippen molar-refractivity contribution in [1.82, 2.24) is 5.32 Å². The normalized spacial score (nSPS) is 10.7. The number of rotatable bonds is 8. The molecule has 0 saturated carbocycles. The summed E-state index contributed by atoms with van der Waals surface area (Å²) in [5, 5.41) is 3.19. The molecule has 0 bridgehead atoms. The molecule has 1 aromatic rings. The van der Waals surface area contributed by atoms with E-state index in [0.29, 0.717) is 24.7 Å². The van der Waals surface area contributed by atoms with Crippen LogP contribution in [0, 0.1) is 0 Å². The van der Waals surface area contributed by atoms with E-state index < -0.39 is 13.0 Å². The first-order valence-corrected chi connectivity index (χ1v) is 6.04. The number of ether oxygens (including phenoxy) is 2. The molecule has 0 aromatic heterocycles. The fraction of sp³-hybridized carbons (Fsp3) is 0.538. The second-order valence-electron chi connectivity index (χ2n) is 3.70. The Morgan fingerprint density at radius 1 is 1.17 bits per heavy atom. The monoisotopic (exact) mass is 259 g/mol. The maximum atomic E-state index is 12.1. The first kappa shape index (κ1) is 14.7. The third-order valence-electron chi connectivity index (χ3n) is 2.25. The van der Waals surface area contributed by atoms with Crippen molar-refractivity contribution in [3.8, 4) is 11.5 Å². The van der Waals surface area contributed by atoms with Gasteiger partial charge in [0.2, 0.25) is 0 Å². The van der Waals surface area contributed by atoms with Crippen LogP contribution in [0.4, 0.5) is 8.78 Å². The van der Waals surface area contributed by atoms with E-state index in [1.807, 2.05) is 26.0 Å². The van der Waals surface area contributed by atoms with Gasteiger partial charge in [-0.2, -0.15) is 0 Å². The van der Waals surface area contributed by atoms with Crippen molar-refractivity contribution in [2.75, 3.05) is 19.8 Å². The van der Waals surface area contributed by atoms with Gasteiger partial charge < -0.3 is 14.8 Å². The van der Waals surface area contributed by atoms with Crippen LogP contribution in [0.15, 0.2) is 18.2 Å². The van der Waals surface area contributed by atoms with Gasteiger partial charge >= 0.3 is 0 Å². The van der Waals surface area contributed by atoms with Gasteiger partial charge in [0.25, 0.3) is 6.43 Å². The highest BCUT2D eigenvalue weighted by molar-refractivity contribution is 5.43. The van der Waals surface area contributed by atoms with Crippen LogP contribution in [0.2, 0.25) is 0 Å². The molecule has 5 heteroatoms. The summed E-state index contributed by atoms with van der Waals surface area (Å²) in [5.41, 5.74) is 1.03. The van der Waals surface area contributed by atoms with Gasteiger partial charge in [0, 0.05) is 6.54 Å². The summed E-state index contributed by atoms with van der Waals surface area (Å²) in [6.07, 6.45) is -2.49. The number of nitrogens with one attached hydrogen (secondary N) is 1. The number of alkyl halides is 2. The Kier molecular flexibility index (Phi) is 6.43. The van der Waals surface area contributed by atoms with E-state index in [1.165, 1.54) is 0 Å². The van der Waals surface area contributed by atoms with Crippen LogP contribution in [0.3, 0.4) is 0 Å². The van der Waals surface area contributed by atoms with E-state index in [4.69, 9.17) is 9.47 Å². The smallest absolute Gasteiger partial charge is 0.272 e. The third-order valence-corrected chi connectivity index (χ3v) is 2.25. The lowest BCUT2D eigenvalue weighted by atomic mass is 10.2. The van der Waals surface area contributed by atoms with Crippen molar-refractivity contribution in [2.24, 2.45) is 0 Å². The van der Waals surface area contributed by atoms with Gasteiger partial charge in [-0.1, -0.05) is 13.0 Å². The number of benzene rings is 1. The highest BCUT2D eigenvalue weighted by Crippen LogP contribution is 2.28. The molecular formula is C13H19F2NO2. The Morgan fingerprint density at radius 2 is 1.94 bits per heavy atom. The van der Waals surface area contributed by atoms with Gasteiger partial charge in [0.1, 0.15) is 6.61 Å². The molecule has 18 heavy (non-hydrogen) atoms. The second-order valence-corrected chi connectivity index (χ2v) is 3.70. The van der Waals surface area contributed by atoms with Gasteiger partial charge in [-0.15, -0.1) is 0 Å². The Balaban J connectivity index is 2.75. The minimum Gasteiger partial charge on any atom is -0.490 e. The fourth-order valence-corrected chi connectivity index (χ4v) is 1.47. The van der Waals surface area contributed by atoms with Gasteiger partial charge in [-0.05, 0) is 31.2 Å². The van der Waals surface area contributed by atoms with Crippen LogP contribution in [-0.2, 0) is 6.54 Å². The molecule has 0 radical (unpaired) electrons. The average Bonchev–Trinajstić information content (AvgIpc) is 2.35. The van der Waals surface area contributed by atoms with Crippen LogP contribution in [0.5, 0.6) is 11.5 Å². The van der Waals surface area contributed by atoms with Crippen LogP contribution in [-0.4, -0.2) is 26.2 Å². The summed E-state index contributed by atoms with van der Waals surface area (Å²) in [4.78, 5) is 0. The topological polar surface area (TPSA) is 30.5 Å². The Bertz CT molecular complexity index is 359. The molecule has 0 atom stereocenters. The lowest BCUT2D eigenvalue weighted by Crippen LogP contribution is -2.12. The molecule has 0 unspecified atom stereocenters. The summed E-state index contributed by atoms with van der Waals surface area (Å²) in [6.45, 7) is 5.29. The molecule has 0 aliphatic rings. The SMILES string of the molecule is CCNCc1ccc(OCC(F)F)c(OCC)c1. The Labute approximate surface area is 106 Å². The van der Waals surface area contributed by atoms with E-state index in [9.17, 15) is 8.78 Å². The van der Waals surface area contributed by atoms with Crippen LogP contribution in [0.25, 0.3) is 0 Å². The average molecular weight is 259 g/mol. The van der Waals surface area contributed by atoms with Crippen molar-refractivity contribution in [3.05, 3.63) is 23.8 Å². The second kappa shape index (κ2) is 7.87. The van der Waals surface area contributed by atoms with Gasteiger partial charge in [0.05, 0.1) is 6.61 Å². The minimum absolute atomic E-state index is 0.359. The predicted octanol–water partition coefficient (Wildman–Crippen LogP) is 2.84. The lowest BCUT2D eigenvalue weighted by molar-refractivity contribution is 0.0800. The molecule has 1 N–H and O–H groups in total. The van der Waals surface area contributed by atoms with Crippen molar-refractivity contribution in [1.29, 1.82) is 0 Å². The number of hydrogen-bond donors (Lipinski definition) is 1. The molecular weight excluding hydrogens is 240 g/mol. The predicted molar refractivity (Wildman–Crippen MR) is 66.5 cm³/mol. The maximum Gasteiger partial charge on any atom is 0.272 e. The van der Waals surface area contributed by atoms with Crippen molar-refractivity contribution in [2.45, 2.75) is 26.8 Å². The fourth-order valence-electron chi connectivity index (χ4n) is 1.47. The molecule has 0 fully saturated rings. The van der Waals surface area contributed by atoms with Gasteiger partial charge in [-0.3, -0.25) is 0 Å². The zero-order valence-corrected chi connectivity index (χ0v) is 10.7. The zero-order valence-electron chi connectivity index (χ0n) is 10.7. The first-order chi connectivity index (χ1) is 8.67. The molecule has 0 spiro atoms. The molecule has 3 nitrogen and oxygen atoms in total. The minimum atomic E-state index is -2.49. The largest absolute Gasteiger partial charge is 0.490 e. The molecule has 0 aliphatic carbocycles. The molecule has 0 amide bonds. The Morgan fingerprint density at radius 3 is 2.56 bits per heavy atom. The van der Waals surface area contributed by atoms with E-state index in [0.717, 1.165) is 12.1 Å². The van der Waals surface area contributed by atoms with E-state index >= 15 is 0 Å². The molecule has 0 saturated heterocycles. The van der Waals surface area contributed by atoms with E-state index in [1.54, 1.807) is 6.07 Å². The summed E-state index contributed by atoms with van der Waals surface area (Å²) in [5.74, 6) is 0.867. The zero-order chi connectivity index (χ0) is 13.4. The van der Waals surface area contributed by atoms with Crippen LogP contribution >= 0.6 is 0 Å². The summed E-state index contributed by atoms with van der Waals surface area (Å²) in [7, 11) is 0. The van der Waals surface area contributed by atoms with Crippen LogP contribution < -0.4 is 14.8 Å². The van der Waals surface area contributed by atoms with Crippen molar-refractivity contribution < 1.29 is 18.3 Å². The van der Waals surface area contributed by atoms with Crippen LogP contribution in [0.1, 0.15) is 19.4 Å². The summed E-state index contributed by atoms with van der Waals surface area (Å²) < 4.78 is 34.6. The molecule has 1 aromatic carbocycles. The third kappa shape index (κ3) is 4.87. The van der Waals surface area contributed by atoms with E-state index in [-0.39, 0.29) is 0 Å². The highest BCUT2D eigenvalue weighted by atomic mass is 19.3. The summed E-state index contributed by atoms with van der Waals surface area (Å²) >= 11 is 0. The van der Waals surface area contributed by atoms with E-state index in [2.05, 4.69) is 5.32 Å². The standard InChI is InChI=1S/C13H19F2NO2/c1-3-16-8-10-5-6-11(18-9-13(14)15)12(7-10)17-4-2/h5-7,13,16H,3-4,8-9H2,1-2H3. The number of halogens is 2. The van der Waals surface area contributed by atoms with Gasteiger partial charge in [-0.25, -0.2) is 8.78 Å². The molecule has 102 valence electrons. The Hall–Kier alpha value is -1.36. The molecule has 0 aliphatic heterocycles. The number of hydrogen-bond acceptors (Lipinski definition) is 3. The maximum absolute atomic E-state index is 12.1. The highest BCUT2D eigenvalue weighted by Gasteiger charge is 2.09. The summed E-state index contributed by atoms with van der Waals surface area (Å²) in [6, 6.07) is 5.32. The quantitative estimate of drug-likeness (QED) is 0.778.